The van der Waals surface area contributed by atoms with E-state index in [1.54, 1.807) is 42.5 Å². The number of benzene rings is 2. The molecule has 0 bridgehead atoms. The van der Waals surface area contributed by atoms with E-state index in [2.05, 4.69) is 15.5 Å². The van der Waals surface area contributed by atoms with E-state index in [4.69, 9.17) is 4.74 Å². The lowest BCUT2D eigenvalue weighted by Crippen LogP contribution is -2.13. The van der Waals surface area contributed by atoms with E-state index >= 15 is 0 Å². The number of amides is 1. The first kappa shape index (κ1) is 19.2. The van der Waals surface area contributed by atoms with Crippen LogP contribution in [0.2, 0.25) is 0 Å². The molecule has 0 saturated heterocycles. The second kappa shape index (κ2) is 8.48. The molecule has 0 radical (unpaired) electrons. The lowest BCUT2D eigenvalue weighted by molar-refractivity contribution is 0.102. The molecule has 30 heavy (non-hydrogen) atoms. The standard InChI is InChI=1S/C23H21N5O2/c1-27(2)19-9-5-17(6-10-19)23(29)24-18-7-11-20(12-8-18)30-22-14-13-21(25-26-22)28-15-3-4-16-28/h3-16H,1-2H3,(H,24,29). The van der Waals surface area contributed by atoms with E-state index in [9.17, 15) is 4.79 Å². The van der Waals surface area contributed by atoms with Gasteiger partial charge in [-0.2, -0.15) is 0 Å². The van der Waals surface area contributed by atoms with Crippen molar-refractivity contribution < 1.29 is 9.53 Å². The van der Waals surface area contributed by atoms with Crippen molar-refractivity contribution >= 4 is 17.3 Å². The number of carbonyl (C=O) groups is 1. The minimum absolute atomic E-state index is 0.166. The minimum Gasteiger partial charge on any atom is -0.438 e. The highest BCUT2D eigenvalue weighted by molar-refractivity contribution is 6.04. The van der Waals surface area contributed by atoms with Crippen molar-refractivity contribution in [1.82, 2.24) is 14.8 Å². The molecule has 150 valence electrons. The van der Waals surface area contributed by atoms with Gasteiger partial charge in [0.05, 0.1) is 0 Å². The Hall–Kier alpha value is -4.13. The molecule has 2 aromatic carbocycles. The van der Waals surface area contributed by atoms with E-state index in [1.807, 2.05) is 66.3 Å². The van der Waals surface area contributed by atoms with Crippen molar-refractivity contribution in [2.75, 3.05) is 24.3 Å². The molecule has 7 heteroatoms. The van der Waals surface area contributed by atoms with Gasteiger partial charge < -0.3 is 19.5 Å². The zero-order valence-electron chi connectivity index (χ0n) is 16.7. The number of nitrogens with one attached hydrogen (secondary N) is 1. The van der Waals surface area contributed by atoms with Crippen molar-refractivity contribution in [3.63, 3.8) is 0 Å². The van der Waals surface area contributed by atoms with Gasteiger partial charge in [-0.1, -0.05) is 0 Å². The Balaban J connectivity index is 1.37. The number of hydrogen-bond acceptors (Lipinski definition) is 5. The van der Waals surface area contributed by atoms with Crippen LogP contribution in [0.1, 0.15) is 10.4 Å². The van der Waals surface area contributed by atoms with Crippen LogP contribution in [0.5, 0.6) is 11.6 Å². The van der Waals surface area contributed by atoms with E-state index in [1.165, 1.54) is 0 Å². The fourth-order valence-electron chi connectivity index (χ4n) is 2.83. The van der Waals surface area contributed by atoms with Crippen molar-refractivity contribution in [3.05, 3.63) is 90.8 Å². The van der Waals surface area contributed by atoms with Gasteiger partial charge >= 0.3 is 0 Å². The van der Waals surface area contributed by atoms with Gasteiger partial charge in [-0.25, -0.2) is 0 Å². The number of aromatic nitrogens is 3. The summed E-state index contributed by atoms with van der Waals surface area (Å²) in [5.41, 5.74) is 2.31. The SMILES string of the molecule is CN(C)c1ccc(C(=O)Nc2ccc(Oc3ccc(-n4cccc4)nn3)cc2)cc1. The van der Waals surface area contributed by atoms with Crippen LogP contribution in [-0.2, 0) is 0 Å². The summed E-state index contributed by atoms with van der Waals surface area (Å²) < 4.78 is 7.59. The summed E-state index contributed by atoms with van der Waals surface area (Å²) >= 11 is 0. The summed E-state index contributed by atoms with van der Waals surface area (Å²) in [6.45, 7) is 0. The van der Waals surface area contributed by atoms with Crippen LogP contribution >= 0.6 is 0 Å². The van der Waals surface area contributed by atoms with Crippen LogP contribution in [0.3, 0.4) is 0 Å². The smallest absolute Gasteiger partial charge is 0.255 e. The molecule has 2 aromatic heterocycles. The number of ether oxygens (including phenoxy) is 1. The summed E-state index contributed by atoms with van der Waals surface area (Å²) in [5.74, 6) is 1.54. The normalized spacial score (nSPS) is 10.5. The van der Waals surface area contributed by atoms with Crippen molar-refractivity contribution in [2.45, 2.75) is 0 Å². The average molecular weight is 399 g/mol. The fraction of sp³-hybridized carbons (Fsp3) is 0.0870. The van der Waals surface area contributed by atoms with E-state index < -0.39 is 0 Å². The largest absolute Gasteiger partial charge is 0.438 e. The highest BCUT2D eigenvalue weighted by Crippen LogP contribution is 2.22. The molecule has 1 amide bonds. The van der Waals surface area contributed by atoms with E-state index in [0.717, 1.165) is 5.69 Å². The Morgan fingerprint density at radius 1 is 0.900 bits per heavy atom. The third-order valence-corrected chi connectivity index (χ3v) is 4.48. The third kappa shape index (κ3) is 4.47. The molecule has 2 heterocycles. The van der Waals surface area contributed by atoms with Gasteiger partial charge in [0.15, 0.2) is 5.82 Å². The summed E-state index contributed by atoms with van der Waals surface area (Å²) in [5, 5.41) is 11.1. The molecular weight excluding hydrogens is 378 g/mol. The molecule has 0 aliphatic carbocycles. The monoisotopic (exact) mass is 399 g/mol. The van der Waals surface area contributed by atoms with Crippen molar-refractivity contribution in [3.8, 4) is 17.4 Å². The second-order valence-electron chi connectivity index (χ2n) is 6.84. The van der Waals surface area contributed by atoms with Gasteiger partial charge in [0.25, 0.3) is 5.91 Å². The lowest BCUT2D eigenvalue weighted by Gasteiger charge is -2.12. The van der Waals surface area contributed by atoms with Crippen LogP contribution in [0.25, 0.3) is 5.82 Å². The van der Waals surface area contributed by atoms with Crippen LogP contribution in [-0.4, -0.2) is 34.8 Å². The Kier molecular flexibility index (Phi) is 5.43. The molecule has 4 aromatic rings. The number of carbonyl (C=O) groups excluding carboxylic acids is 1. The molecule has 0 saturated carbocycles. The molecule has 0 aliphatic heterocycles. The Labute approximate surface area is 174 Å². The van der Waals surface area contributed by atoms with Crippen LogP contribution < -0.4 is 15.0 Å². The highest BCUT2D eigenvalue weighted by atomic mass is 16.5. The first-order valence-corrected chi connectivity index (χ1v) is 9.42. The summed E-state index contributed by atoms with van der Waals surface area (Å²) in [6.07, 6.45) is 3.79. The Bertz CT molecular complexity index is 1100. The average Bonchev–Trinajstić information content (AvgIpc) is 3.31. The third-order valence-electron chi connectivity index (χ3n) is 4.48. The molecule has 0 atom stereocenters. The van der Waals surface area contributed by atoms with Gasteiger partial charge in [0.2, 0.25) is 5.88 Å². The van der Waals surface area contributed by atoms with Gasteiger partial charge in [-0.05, 0) is 66.7 Å². The molecule has 0 spiro atoms. The molecule has 7 nitrogen and oxygen atoms in total. The predicted molar refractivity (Wildman–Crippen MR) is 117 cm³/mol. The summed E-state index contributed by atoms with van der Waals surface area (Å²) in [6, 6.07) is 22.0. The maximum absolute atomic E-state index is 12.4. The van der Waals surface area contributed by atoms with Gasteiger partial charge in [0, 0.05) is 49.5 Å². The maximum atomic E-state index is 12.4. The van der Waals surface area contributed by atoms with Gasteiger partial charge in [-0.3, -0.25) is 4.79 Å². The van der Waals surface area contributed by atoms with Crippen LogP contribution in [0.15, 0.2) is 85.2 Å². The van der Waals surface area contributed by atoms with Gasteiger partial charge in [0.1, 0.15) is 5.75 Å². The molecule has 0 unspecified atom stereocenters. The Morgan fingerprint density at radius 2 is 1.60 bits per heavy atom. The zero-order valence-corrected chi connectivity index (χ0v) is 16.7. The summed E-state index contributed by atoms with van der Waals surface area (Å²) in [4.78, 5) is 14.4. The first-order chi connectivity index (χ1) is 14.6. The molecule has 4 rings (SSSR count). The van der Waals surface area contributed by atoms with E-state index in [-0.39, 0.29) is 5.91 Å². The van der Waals surface area contributed by atoms with Crippen molar-refractivity contribution in [2.24, 2.45) is 0 Å². The van der Waals surface area contributed by atoms with Crippen molar-refractivity contribution in [1.29, 1.82) is 0 Å². The summed E-state index contributed by atoms with van der Waals surface area (Å²) in [7, 11) is 3.92. The van der Waals surface area contributed by atoms with Crippen LogP contribution in [0.4, 0.5) is 11.4 Å². The van der Waals surface area contributed by atoms with E-state index in [0.29, 0.717) is 28.7 Å². The number of rotatable bonds is 6. The highest BCUT2D eigenvalue weighted by Gasteiger charge is 2.07. The fourth-order valence-corrected chi connectivity index (χ4v) is 2.83. The number of hydrogen-bond donors (Lipinski definition) is 1. The zero-order chi connectivity index (χ0) is 20.9. The molecule has 0 fully saturated rings. The predicted octanol–water partition coefficient (Wildman–Crippen LogP) is 4.38. The minimum atomic E-state index is -0.166. The Morgan fingerprint density at radius 3 is 2.20 bits per heavy atom. The second-order valence-corrected chi connectivity index (χ2v) is 6.84. The van der Waals surface area contributed by atoms with Gasteiger partial charge in [-0.15, -0.1) is 10.2 Å². The topological polar surface area (TPSA) is 72.3 Å². The molecular formula is C23H21N5O2. The molecule has 0 aliphatic rings. The molecule has 1 N–H and O–H groups in total. The number of nitrogens with zero attached hydrogens (tertiary/aromatic N) is 4. The quantitative estimate of drug-likeness (QED) is 0.521. The number of anilines is 2. The lowest BCUT2D eigenvalue weighted by atomic mass is 10.2. The maximum Gasteiger partial charge on any atom is 0.255 e. The van der Waals surface area contributed by atoms with Crippen LogP contribution in [0, 0.1) is 0 Å². The first-order valence-electron chi connectivity index (χ1n) is 9.42.